The second-order valence-electron chi connectivity index (χ2n) is 12.0. The van der Waals surface area contributed by atoms with Crippen LogP contribution in [0.3, 0.4) is 0 Å². The fourth-order valence-corrected chi connectivity index (χ4v) is 5.85. The van der Waals surface area contributed by atoms with Gasteiger partial charge >= 0.3 is 0 Å². The standard InChI is InChI=1S/C36H44N6O6/c1-24-12-15-30(32(21-24)48-20-7-6-9-26(23-43)42-18-16-40(2)17-19-42)41(3)35(45)25-13-14-27(31(22-25)46-4)34(44)37-28-10-8-11-29-33(28)39-36(38-29)47-5/h8,10-15,21-23,26H,6-7,9,16-20H2,1-5H3,(H,37,44)(H,38,39). The third kappa shape index (κ3) is 7.95. The summed E-state index contributed by atoms with van der Waals surface area (Å²) in [6, 6.07) is 16.1. The summed E-state index contributed by atoms with van der Waals surface area (Å²) in [7, 11) is 6.76. The fraction of sp³-hybridized carbons (Fsp3) is 0.389. The lowest BCUT2D eigenvalue weighted by molar-refractivity contribution is -0.113. The molecule has 0 spiro atoms. The van der Waals surface area contributed by atoms with E-state index in [1.165, 1.54) is 19.1 Å². The number of para-hydroxylation sites is 1. The zero-order valence-electron chi connectivity index (χ0n) is 28.2. The van der Waals surface area contributed by atoms with Gasteiger partial charge < -0.3 is 39.1 Å². The van der Waals surface area contributed by atoms with Crippen molar-refractivity contribution in [3.05, 3.63) is 71.3 Å². The molecule has 5 rings (SSSR count). The Balaban J connectivity index is 1.23. The molecular weight excluding hydrogens is 612 g/mol. The number of imidazole rings is 1. The second kappa shape index (κ2) is 15.8. The Morgan fingerprint density at radius 3 is 2.54 bits per heavy atom. The number of unbranched alkanes of at least 4 members (excludes halogenated alkanes) is 1. The van der Waals surface area contributed by atoms with Crippen molar-refractivity contribution in [2.75, 3.05) is 71.3 Å². The van der Waals surface area contributed by atoms with E-state index >= 15 is 0 Å². The first kappa shape index (κ1) is 34.4. The van der Waals surface area contributed by atoms with E-state index in [0.29, 0.717) is 46.3 Å². The predicted molar refractivity (Wildman–Crippen MR) is 186 cm³/mol. The summed E-state index contributed by atoms with van der Waals surface area (Å²) in [6.07, 6.45) is 3.50. The van der Waals surface area contributed by atoms with Gasteiger partial charge in [0.1, 0.15) is 23.3 Å². The number of methoxy groups -OCH3 is 2. The minimum Gasteiger partial charge on any atom is -0.496 e. The maximum Gasteiger partial charge on any atom is 0.294 e. The zero-order valence-corrected chi connectivity index (χ0v) is 28.2. The van der Waals surface area contributed by atoms with Crippen molar-refractivity contribution in [2.45, 2.75) is 32.2 Å². The normalized spacial score (nSPS) is 14.4. The van der Waals surface area contributed by atoms with Crippen molar-refractivity contribution in [1.82, 2.24) is 19.8 Å². The molecule has 12 nitrogen and oxygen atoms in total. The molecule has 0 radical (unpaired) electrons. The van der Waals surface area contributed by atoms with Crippen LogP contribution in [0.2, 0.25) is 0 Å². The number of aryl methyl sites for hydroxylation is 1. The number of anilines is 2. The van der Waals surface area contributed by atoms with Gasteiger partial charge in [0.25, 0.3) is 17.8 Å². The molecule has 4 aromatic rings. The third-order valence-corrected chi connectivity index (χ3v) is 8.72. The van der Waals surface area contributed by atoms with Crippen LogP contribution in [0.4, 0.5) is 11.4 Å². The Morgan fingerprint density at radius 1 is 1.02 bits per heavy atom. The zero-order chi connectivity index (χ0) is 34.2. The quantitative estimate of drug-likeness (QED) is 0.146. The Bertz CT molecular complexity index is 1750. The van der Waals surface area contributed by atoms with Gasteiger partial charge in [-0.15, -0.1) is 0 Å². The highest BCUT2D eigenvalue weighted by Gasteiger charge is 2.23. The Morgan fingerprint density at radius 2 is 1.81 bits per heavy atom. The molecule has 1 unspecified atom stereocenters. The number of amides is 2. The number of aromatic nitrogens is 2. The lowest BCUT2D eigenvalue weighted by Crippen LogP contribution is -2.49. The molecule has 0 aliphatic carbocycles. The largest absolute Gasteiger partial charge is 0.496 e. The van der Waals surface area contributed by atoms with E-state index in [-0.39, 0.29) is 23.3 Å². The number of piperazine rings is 1. The number of carbonyl (C=O) groups is 3. The number of rotatable bonds is 14. The van der Waals surface area contributed by atoms with Crippen LogP contribution < -0.4 is 24.4 Å². The number of fused-ring (bicyclic) bond motifs is 1. The van der Waals surface area contributed by atoms with E-state index < -0.39 is 5.91 Å². The highest BCUT2D eigenvalue weighted by molar-refractivity contribution is 6.11. The summed E-state index contributed by atoms with van der Waals surface area (Å²) < 4.78 is 16.9. The van der Waals surface area contributed by atoms with Gasteiger partial charge in [-0.2, -0.15) is 4.98 Å². The second-order valence-corrected chi connectivity index (χ2v) is 12.0. The van der Waals surface area contributed by atoms with Crippen LogP contribution in [0, 0.1) is 6.92 Å². The van der Waals surface area contributed by atoms with Crippen LogP contribution in [-0.2, 0) is 4.79 Å². The van der Waals surface area contributed by atoms with Gasteiger partial charge in [0.2, 0.25) is 0 Å². The molecule has 48 heavy (non-hydrogen) atoms. The number of benzene rings is 3. The summed E-state index contributed by atoms with van der Waals surface area (Å²) in [5.41, 5.74) is 4.02. The molecule has 12 heteroatoms. The lowest BCUT2D eigenvalue weighted by atomic mass is 10.1. The maximum absolute atomic E-state index is 13.7. The third-order valence-electron chi connectivity index (χ3n) is 8.72. The first-order valence-corrected chi connectivity index (χ1v) is 16.1. The number of carbonyl (C=O) groups excluding carboxylic acids is 3. The Hall–Kier alpha value is -4.94. The average molecular weight is 657 g/mol. The molecule has 1 aliphatic rings. The van der Waals surface area contributed by atoms with Gasteiger partial charge in [0.05, 0.1) is 49.3 Å². The van der Waals surface area contributed by atoms with Crippen LogP contribution in [-0.4, -0.2) is 105 Å². The maximum atomic E-state index is 13.7. The minimum absolute atomic E-state index is 0.0685. The monoisotopic (exact) mass is 656 g/mol. The van der Waals surface area contributed by atoms with E-state index in [2.05, 4.69) is 32.1 Å². The molecule has 2 heterocycles. The molecule has 1 saturated heterocycles. The van der Waals surface area contributed by atoms with E-state index in [1.807, 2.05) is 31.2 Å². The first-order chi connectivity index (χ1) is 23.2. The van der Waals surface area contributed by atoms with Gasteiger partial charge in [0, 0.05) is 38.8 Å². The molecule has 2 N–H and O–H groups in total. The van der Waals surface area contributed by atoms with Gasteiger partial charge in [-0.05, 0) is 81.3 Å². The lowest BCUT2D eigenvalue weighted by Gasteiger charge is -2.35. The van der Waals surface area contributed by atoms with Crippen LogP contribution in [0.5, 0.6) is 17.5 Å². The average Bonchev–Trinajstić information content (AvgIpc) is 3.54. The van der Waals surface area contributed by atoms with Crippen molar-refractivity contribution in [1.29, 1.82) is 0 Å². The fourth-order valence-electron chi connectivity index (χ4n) is 5.85. The van der Waals surface area contributed by atoms with Gasteiger partial charge in [-0.3, -0.25) is 14.5 Å². The van der Waals surface area contributed by atoms with Crippen molar-refractivity contribution in [3.8, 4) is 17.5 Å². The molecule has 0 saturated carbocycles. The number of H-pyrrole nitrogens is 1. The number of hydrogen-bond acceptors (Lipinski definition) is 9. The molecular formula is C36H44N6O6. The number of aromatic amines is 1. The molecule has 1 atom stereocenters. The highest BCUT2D eigenvalue weighted by Crippen LogP contribution is 2.32. The predicted octanol–water partition coefficient (Wildman–Crippen LogP) is 4.78. The number of hydrogen-bond donors (Lipinski definition) is 2. The van der Waals surface area contributed by atoms with Gasteiger partial charge in [-0.1, -0.05) is 12.1 Å². The summed E-state index contributed by atoms with van der Waals surface area (Å²) >= 11 is 0. The number of nitrogens with zero attached hydrogens (tertiary/aromatic N) is 4. The van der Waals surface area contributed by atoms with Crippen molar-refractivity contribution < 1.29 is 28.6 Å². The van der Waals surface area contributed by atoms with Crippen LogP contribution in [0.25, 0.3) is 11.0 Å². The van der Waals surface area contributed by atoms with Crippen molar-refractivity contribution in [3.63, 3.8) is 0 Å². The topological polar surface area (TPSA) is 129 Å². The van der Waals surface area contributed by atoms with Gasteiger partial charge in [-0.25, -0.2) is 0 Å². The molecule has 0 bridgehead atoms. The first-order valence-electron chi connectivity index (χ1n) is 16.1. The molecule has 2 amide bonds. The number of likely N-dealkylation sites (N-methyl/N-ethyl adjacent to an activating group) is 1. The van der Waals surface area contributed by atoms with Crippen LogP contribution in [0.1, 0.15) is 45.5 Å². The summed E-state index contributed by atoms with van der Waals surface area (Å²) in [5.74, 6) is 0.155. The molecule has 1 aromatic heterocycles. The van der Waals surface area contributed by atoms with Crippen LogP contribution in [0.15, 0.2) is 54.6 Å². The highest BCUT2D eigenvalue weighted by atomic mass is 16.5. The van der Waals surface area contributed by atoms with E-state index in [0.717, 1.165) is 57.3 Å². The van der Waals surface area contributed by atoms with E-state index in [1.54, 1.807) is 37.4 Å². The van der Waals surface area contributed by atoms with E-state index in [4.69, 9.17) is 14.2 Å². The van der Waals surface area contributed by atoms with Gasteiger partial charge in [0.15, 0.2) is 0 Å². The summed E-state index contributed by atoms with van der Waals surface area (Å²) in [5, 5.41) is 2.89. The van der Waals surface area contributed by atoms with Crippen LogP contribution >= 0.6 is 0 Å². The van der Waals surface area contributed by atoms with E-state index in [9.17, 15) is 14.4 Å². The summed E-state index contributed by atoms with van der Waals surface area (Å²) in [6.45, 7) is 6.20. The number of nitrogens with one attached hydrogen (secondary N) is 2. The van der Waals surface area contributed by atoms with Crippen molar-refractivity contribution >= 4 is 40.5 Å². The smallest absolute Gasteiger partial charge is 0.294 e. The SMILES string of the molecule is COc1nc2c(NC(=O)c3ccc(C(=O)N(C)c4ccc(C)cc4OCCCCC(C=O)N4CCN(C)CC4)cc3OC)cccc2[nH]1. The molecule has 1 fully saturated rings. The van der Waals surface area contributed by atoms with Crippen molar-refractivity contribution in [2.24, 2.45) is 0 Å². The Kier molecular flexibility index (Phi) is 11.3. The Labute approximate surface area is 281 Å². The number of aldehydes is 1. The number of ether oxygens (including phenoxy) is 3. The summed E-state index contributed by atoms with van der Waals surface area (Å²) in [4.78, 5) is 52.3. The molecule has 1 aliphatic heterocycles. The molecule has 3 aromatic carbocycles. The minimum atomic E-state index is -0.411. The molecule has 254 valence electrons.